The van der Waals surface area contributed by atoms with E-state index in [2.05, 4.69) is 10.2 Å². The van der Waals surface area contributed by atoms with Crippen LogP contribution in [0.4, 0.5) is 0 Å². The van der Waals surface area contributed by atoms with Crippen LogP contribution < -0.4 is 5.73 Å². The van der Waals surface area contributed by atoms with Crippen molar-refractivity contribution in [2.24, 2.45) is 12.8 Å². The van der Waals surface area contributed by atoms with Gasteiger partial charge in [0.1, 0.15) is 11.3 Å². The standard InChI is InChI=1S/C7H12N4O2/c1-11-9-2-5(10-11)6(8)7(12)3-13-4-7/h2,6,12H,3-4,8H2,1H3. The second-order valence-corrected chi connectivity index (χ2v) is 3.33. The predicted octanol–water partition coefficient (Wildman–Crippen LogP) is -1.42. The van der Waals surface area contributed by atoms with Crippen molar-refractivity contribution in [1.82, 2.24) is 15.0 Å². The van der Waals surface area contributed by atoms with Gasteiger partial charge in [0, 0.05) is 7.05 Å². The van der Waals surface area contributed by atoms with E-state index in [4.69, 9.17) is 10.5 Å². The smallest absolute Gasteiger partial charge is 0.132 e. The van der Waals surface area contributed by atoms with Gasteiger partial charge in [-0.3, -0.25) is 0 Å². The lowest BCUT2D eigenvalue weighted by Gasteiger charge is -2.39. The van der Waals surface area contributed by atoms with E-state index >= 15 is 0 Å². The van der Waals surface area contributed by atoms with Gasteiger partial charge < -0.3 is 15.6 Å². The lowest BCUT2D eigenvalue weighted by atomic mass is 9.91. The zero-order valence-corrected chi connectivity index (χ0v) is 7.34. The van der Waals surface area contributed by atoms with Crippen LogP contribution in [0.2, 0.25) is 0 Å². The zero-order chi connectivity index (χ0) is 9.47. The molecule has 6 nitrogen and oxygen atoms in total. The molecule has 72 valence electrons. The fourth-order valence-corrected chi connectivity index (χ4v) is 1.27. The van der Waals surface area contributed by atoms with Crippen LogP contribution in [0, 0.1) is 0 Å². The zero-order valence-electron chi connectivity index (χ0n) is 7.34. The summed E-state index contributed by atoms with van der Waals surface area (Å²) in [4.78, 5) is 1.41. The number of rotatable bonds is 2. The molecule has 1 aromatic rings. The van der Waals surface area contributed by atoms with Crippen molar-refractivity contribution in [3.8, 4) is 0 Å². The second kappa shape index (κ2) is 2.76. The molecule has 3 N–H and O–H groups in total. The second-order valence-electron chi connectivity index (χ2n) is 3.33. The van der Waals surface area contributed by atoms with Gasteiger partial charge in [-0.25, -0.2) is 0 Å². The van der Waals surface area contributed by atoms with Crippen LogP contribution in [0.5, 0.6) is 0 Å². The van der Waals surface area contributed by atoms with E-state index in [0.29, 0.717) is 5.69 Å². The van der Waals surface area contributed by atoms with E-state index in [-0.39, 0.29) is 13.2 Å². The van der Waals surface area contributed by atoms with Gasteiger partial charge in [-0.2, -0.15) is 15.0 Å². The summed E-state index contributed by atoms with van der Waals surface area (Å²) in [7, 11) is 1.71. The Hall–Kier alpha value is -0.980. The van der Waals surface area contributed by atoms with E-state index < -0.39 is 11.6 Å². The third kappa shape index (κ3) is 1.32. The Balaban J connectivity index is 2.17. The molecule has 1 aliphatic heterocycles. The average Bonchev–Trinajstić information content (AvgIpc) is 2.46. The van der Waals surface area contributed by atoms with Crippen molar-refractivity contribution in [2.75, 3.05) is 13.2 Å². The van der Waals surface area contributed by atoms with Crippen LogP contribution >= 0.6 is 0 Å². The van der Waals surface area contributed by atoms with E-state index in [0.717, 1.165) is 0 Å². The van der Waals surface area contributed by atoms with Crippen LogP contribution in [0.25, 0.3) is 0 Å². The molecule has 1 unspecified atom stereocenters. The van der Waals surface area contributed by atoms with Crippen LogP contribution in [-0.4, -0.2) is 38.9 Å². The van der Waals surface area contributed by atoms with E-state index in [1.165, 1.54) is 4.80 Å². The number of aryl methyl sites for hydroxylation is 1. The van der Waals surface area contributed by atoms with Crippen molar-refractivity contribution in [3.63, 3.8) is 0 Å². The summed E-state index contributed by atoms with van der Waals surface area (Å²) >= 11 is 0. The van der Waals surface area contributed by atoms with E-state index in [1.54, 1.807) is 13.2 Å². The minimum absolute atomic E-state index is 0.269. The molecular weight excluding hydrogens is 172 g/mol. The summed E-state index contributed by atoms with van der Waals surface area (Å²) in [6, 6.07) is -0.519. The lowest BCUT2D eigenvalue weighted by molar-refractivity contribution is -0.191. The van der Waals surface area contributed by atoms with Gasteiger partial charge in [-0.05, 0) is 0 Å². The Bertz CT molecular complexity index is 307. The third-order valence-corrected chi connectivity index (χ3v) is 2.22. The molecule has 0 saturated carbocycles. The number of hydrogen-bond donors (Lipinski definition) is 2. The minimum atomic E-state index is -0.962. The number of nitrogens with two attached hydrogens (primary N) is 1. The van der Waals surface area contributed by atoms with Crippen LogP contribution in [0.1, 0.15) is 11.7 Å². The summed E-state index contributed by atoms with van der Waals surface area (Å²) in [6.07, 6.45) is 1.56. The Kier molecular flexibility index (Phi) is 1.83. The van der Waals surface area contributed by atoms with Crippen molar-refractivity contribution < 1.29 is 9.84 Å². The molecule has 1 atom stereocenters. The van der Waals surface area contributed by atoms with Crippen molar-refractivity contribution in [2.45, 2.75) is 11.6 Å². The first-order chi connectivity index (χ1) is 6.12. The highest BCUT2D eigenvalue weighted by atomic mass is 16.5. The molecular formula is C7H12N4O2. The normalized spacial score (nSPS) is 22.4. The monoisotopic (exact) mass is 184 g/mol. The Morgan fingerprint density at radius 3 is 2.85 bits per heavy atom. The first kappa shape index (κ1) is 8.61. The minimum Gasteiger partial charge on any atom is -0.383 e. The highest BCUT2D eigenvalue weighted by Crippen LogP contribution is 2.28. The molecule has 0 radical (unpaired) electrons. The largest absolute Gasteiger partial charge is 0.383 e. The van der Waals surface area contributed by atoms with Gasteiger partial charge in [0.05, 0.1) is 25.5 Å². The summed E-state index contributed by atoms with van der Waals surface area (Å²) < 4.78 is 4.90. The molecule has 0 aromatic carbocycles. The van der Waals surface area contributed by atoms with Gasteiger partial charge in [-0.15, -0.1) is 0 Å². The van der Waals surface area contributed by atoms with Gasteiger partial charge >= 0.3 is 0 Å². The molecule has 1 aliphatic rings. The van der Waals surface area contributed by atoms with Gasteiger partial charge in [0.2, 0.25) is 0 Å². The summed E-state index contributed by atoms with van der Waals surface area (Å²) in [6.45, 7) is 0.537. The number of aromatic nitrogens is 3. The molecule has 1 fully saturated rings. The third-order valence-electron chi connectivity index (χ3n) is 2.22. The molecule has 0 spiro atoms. The summed E-state index contributed by atoms with van der Waals surface area (Å²) in [5, 5.41) is 17.7. The Labute approximate surface area is 75.3 Å². The Morgan fingerprint density at radius 2 is 2.46 bits per heavy atom. The van der Waals surface area contributed by atoms with Gasteiger partial charge in [-0.1, -0.05) is 0 Å². The molecule has 1 aromatic heterocycles. The van der Waals surface area contributed by atoms with E-state index in [1.807, 2.05) is 0 Å². The maximum absolute atomic E-state index is 9.81. The SMILES string of the molecule is Cn1ncc(C(N)C2(O)COC2)n1. The molecule has 0 amide bonds. The molecule has 0 aliphatic carbocycles. The summed E-state index contributed by atoms with van der Waals surface area (Å²) in [5.41, 5.74) is 5.43. The van der Waals surface area contributed by atoms with Crippen LogP contribution in [0.15, 0.2) is 6.20 Å². The highest BCUT2D eigenvalue weighted by Gasteiger charge is 2.44. The maximum atomic E-state index is 9.81. The number of ether oxygens (including phenoxy) is 1. The number of aliphatic hydroxyl groups is 1. The van der Waals surface area contributed by atoms with Crippen LogP contribution in [-0.2, 0) is 11.8 Å². The summed E-state index contributed by atoms with van der Waals surface area (Å²) in [5.74, 6) is 0. The lowest BCUT2D eigenvalue weighted by Crippen LogP contribution is -2.56. The maximum Gasteiger partial charge on any atom is 0.132 e. The average molecular weight is 184 g/mol. The van der Waals surface area contributed by atoms with Crippen LogP contribution in [0.3, 0.4) is 0 Å². The quantitative estimate of drug-likeness (QED) is 0.589. The topological polar surface area (TPSA) is 86.2 Å². The highest BCUT2D eigenvalue weighted by molar-refractivity contribution is 5.09. The molecule has 6 heteroatoms. The first-order valence-electron chi connectivity index (χ1n) is 4.04. The van der Waals surface area contributed by atoms with E-state index in [9.17, 15) is 5.11 Å². The van der Waals surface area contributed by atoms with Gasteiger partial charge in [0.25, 0.3) is 0 Å². The molecule has 2 heterocycles. The van der Waals surface area contributed by atoms with Gasteiger partial charge in [0.15, 0.2) is 0 Å². The Morgan fingerprint density at radius 1 is 1.77 bits per heavy atom. The molecule has 13 heavy (non-hydrogen) atoms. The number of nitrogens with zero attached hydrogens (tertiary/aromatic N) is 3. The first-order valence-corrected chi connectivity index (χ1v) is 4.04. The predicted molar refractivity (Wildman–Crippen MR) is 43.7 cm³/mol. The molecule has 1 saturated heterocycles. The van der Waals surface area contributed by atoms with Crippen molar-refractivity contribution >= 4 is 0 Å². The van der Waals surface area contributed by atoms with Crippen molar-refractivity contribution in [1.29, 1.82) is 0 Å². The number of hydrogen-bond acceptors (Lipinski definition) is 5. The molecule has 0 bridgehead atoms. The fraction of sp³-hybridized carbons (Fsp3) is 0.714. The van der Waals surface area contributed by atoms with Crippen molar-refractivity contribution in [3.05, 3.63) is 11.9 Å². The molecule has 2 rings (SSSR count). The fourth-order valence-electron chi connectivity index (χ4n) is 1.27.